The van der Waals surface area contributed by atoms with E-state index < -0.39 is 0 Å². The fourth-order valence-electron chi connectivity index (χ4n) is 3.31. The number of nitrogens with zero attached hydrogens (tertiary/aromatic N) is 1. The van der Waals surface area contributed by atoms with Crippen molar-refractivity contribution in [2.24, 2.45) is 10.9 Å². The molecule has 2 heteroatoms. The van der Waals surface area contributed by atoms with E-state index in [1.165, 1.54) is 36.6 Å². The molecule has 1 saturated carbocycles. The maximum atomic E-state index is 5.11. The minimum absolute atomic E-state index is 0.346. The van der Waals surface area contributed by atoms with Gasteiger partial charge in [0.1, 0.15) is 0 Å². The Kier molecular flexibility index (Phi) is 3.82. The Balaban J connectivity index is 1.73. The van der Waals surface area contributed by atoms with Crippen molar-refractivity contribution >= 4 is 25.1 Å². The summed E-state index contributed by atoms with van der Waals surface area (Å²) < 4.78 is 1.86. The Bertz CT molecular complexity index is 463. The van der Waals surface area contributed by atoms with Gasteiger partial charge in [0.15, 0.2) is 0 Å². The molecule has 1 aliphatic heterocycles. The van der Waals surface area contributed by atoms with Crippen LogP contribution in [0.25, 0.3) is 0 Å². The molecule has 1 heterocycles. The van der Waals surface area contributed by atoms with Gasteiger partial charge in [-0.3, -0.25) is 0 Å². The Labute approximate surface area is 123 Å². The molecule has 1 aromatic carbocycles. The second kappa shape index (κ2) is 5.42. The van der Waals surface area contributed by atoms with Gasteiger partial charge in [0.25, 0.3) is 0 Å². The zero-order chi connectivity index (χ0) is 13.3. The number of benzene rings is 1. The molecule has 0 radical (unpaired) electrons. The van der Waals surface area contributed by atoms with Crippen LogP contribution in [0.2, 0.25) is 4.31 Å². The molecule has 1 aromatic rings. The molecular formula is C17H23NSe. The Morgan fingerprint density at radius 3 is 2.68 bits per heavy atom. The van der Waals surface area contributed by atoms with E-state index in [-0.39, 0.29) is 0 Å². The van der Waals surface area contributed by atoms with Crippen molar-refractivity contribution in [1.29, 1.82) is 0 Å². The third kappa shape index (κ3) is 2.95. The topological polar surface area (TPSA) is 12.4 Å². The van der Waals surface area contributed by atoms with Crippen molar-refractivity contribution in [3.63, 3.8) is 0 Å². The molecule has 1 nitrogen and oxygen atoms in total. The van der Waals surface area contributed by atoms with Crippen molar-refractivity contribution < 1.29 is 0 Å². The van der Waals surface area contributed by atoms with Crippen LogP contribution in [0.5, 0.6) is 0 Å². The molecule has 2 aliphatic rings. The molecule has 0 spiro atoms. The van der Waals surface area contributed by atoms with E-state index in [4.69, 9.17) is 4.99 Å². The summed E-state index contributed by atoms with van der Waals surface area (Å²) in [5.74, 6) is 0.824. The average molecular weight is 320 g/mol. The molecule has 2 atom stereocenters. The summed E-state index contributed by atoms with van der Waals surface area (Å²) >= 11 is 0.510. The fraction of sp³-hybridized carbons (Fsp3) is 0.588. The van der Waals surface area contributed by atoms with E-state index >= 15 is 0 Å². The van der Waals surface area contributed by atoms with E-state index in [2.05, 4.69) is 44.2 Å². The third-order valence-electron chi connectivity index (χ3n) is 4.46. The second-order valence-electron chi connectivity index (χ2n) is 6.33. The van der Waals surface area contributed by atoms with Crippen LogP contribution in [0.4, 0.5) is 0 Å². The summed E-state index contributed by atoms with van der Waals surface area (Å²) in [5, 5.41) is 0. The molecule has 0 N–H and O–H groups in total. The normalized spacial score (nSPS) is 26.9. The summed E-state index contributed by atoms with van der Waals surface area (Å²) in [7, 11) is 0. The molecule has 1 aliphatic carbocycles. The van der Waals surface area contributed by atoms with Gasteiger partial charge in [-0.2, -0.15) is 0 Å². The number of fused-ring (bicyclic) bond motifs is 1. The van der Waals surface area contributed by atoms with Crippen LogP contribution in [-0.2, 0) is 0 Å². The molecule has 1 fully saturated rings. The first kappa shape index (κ1) is 13.4. The van der Waals surface area contributed by atoms with Crippen LogP contribution in [0.15, 0.2) is 35.3 Å². The van der Waals surface area contributed by atoms with Gasteiger partial charge in [0.2, 0.25) is 0 Å². The molecule has 0 amide bonds. The number of rotatable bonds is 3. The van der Waals surface area contributed by atoms with Gasteiger partial charge < -0.3 is 0 Å². The first-order valence-corrected chi connectivity index (χ1v) is 9.17. The van der Waals surface area contributed by atoms with Gasteiger partial charge in [-0.1, -0.05) is 0 Å². The maximum absolute atomic E-state index is 5.11. The molecule has 19 heavy (non-hydrogen) atoms. The van der Waals surface area contributed by atoms with Gasteiger partial charge in [-0.15, -0.1) is 0 Å². The molecule has 0 saturated heterocycles. The van der Waals surface area contributed by atoms with Crippen molar-refractivity contribution in [3.8, 4) is 0 Å². The number of aliphatic imine (C=N–C) groups is 1. The predicted molar refractivity (Wildman–Crippen MR) is 83.7 cm³/mol. The quantitative estimate of drug-likeness (QED) is 0.754. The molecule has 0 aromatic heterocycles. The van der Waals surface area contributed by atoms with Crippen molar-refractivity contribution in [2.45, 2.75) is 56.3 Å². The molecule has 3 rings (SSSR count). The van der Waals surface area contributed by atoms with Crippen LogP contribution in [0.1, 0.15) is 46.0 Å². The molecule has 0 bridgehead atoms. The summed E-state index contributed by atoms with van der Waals surface area (Å²) in [5.41, 5.74) is 1.55. The zero-order valence-corrected chi connectivity index (χ0v) is 13.6. The number of hydrogen-bond acceptors (Lipinski definition) is 1. The van der Waals surface area contributed by atoms with Crippen LogP contribution in [0.3, 0.4) is 0 Å². The number of hydrogen-bond donors (Lipinski definition) is 0. The van der Waals surface area contributed by atoms with E-state index in [0.29, 0.717) is 25.3 Å². The van der Waals surface area contributed by atoms with Crippen molar-refractivity contribution in [2.75, 3.05) is 0 Å². The minimum atomic E-state index is 0.346. The third-order valence-corrected chi connectivity index (χ3v) is 7.20. The second-order valence-corrected chi connectivity index (χ2v) is 9.96. The monoisotopic (exact) mass is 321 g/mol. The van der Waals surface area contributed by atoms with Crippen molar-refractivity contribution in [3.05, 3.63) is 30.3 Å². The van der Waals surface area contributed by atoms with E-state index in [1.807, 2.05) is 0 Å². The molecule has 2 unspecified atom stereocenters. The van der Waals surface area contributed by atoms with E-state index in [1.54, 1.807) is 5.71 Å². The van der Waals surface area contributed by atoms with Crippen LogP contribution < -0.4 is 4.46 Å². The van der Waals surface area contributed by atoms with Gasteiger partial charge in [-0.05, 0) is 0 Å². The van der Waals surface area contributed by atoms with E-state index in [0.717, 1.165) is 5.92 Å². The summed E-state index contributed by atoms with van der Waals surface area (Å²) in [6.45, 7) is 4.85. The van der Waals surface area contributed by atoms with Gasteiger partial charge in [0.05, 0.1) is 0 Å². The Hall–Kier alpha value is -0.591. The Morgan fingerprint density at radius 2 is 1.95 bits per heavy atom. The first-order chi connectivity index (χ1) is 9.15. The van der Waals surface area contributed by atoms with Gasteiger partial charge in [0, 0.05) is 0 Å². The van der Waals surface area contributed by atoms with E-state index in [9.17, 15) is 0 Å². The average Bonchev–Trinajstić information content (AvgIpc) is 2.84. The summed E-state index contributed by atoms with van der Waals surface area (Å²) in [6, 6.07) is 11.5. The summed E-state index contributed by atoms with van der Waals surface area (Å²) in [4.78, 5) is 5.11. The first-order valence-electron chi connectivity index (χ1n) is 7.46. The summed E-state index contributed by atoms with van der Waals surface area (Å²) in [6.07, 6.45) is 6.77. The standard InChI is InChI=1S/C17H23NSe/c1-17(2,19-14-9-4-3-5-10-14)16-12-13-8-6-7-11-15(13)18-16/h3-5,9-10,13,16H,6-8,11-12H2,1-2H3. The molecule has 102 valence electrons. The van der Waals surface area contributed by atoms with Crippen LogP contribution >= 0.6 is 0 Å². The van der Waals surface area contributed by atoms with Gasteiger partial charge in [-0.25, -0.2) is 0 Å². The van der Waals surface area contributed by atoms with Gasteiger partial charge >= 0.3 is 123 Å². The molecular weight excluding hydrogens is 297 g/mol. The van der Waals surface area contributed by atoms with Crippen LogP contribution in [-0.4, -0.2) is 26.7 Å². The SMILES string of the molecule is CC(C)([Se]c1ccccc1)C1CC2CCCCC2=N1. The van der Waals surface area contributed by atoms with Crippen LogP contribution in [0, 0.1) is 5.92 Å². The fourth-order valence-corrected chi connectivity index (χ4v) is 5.80. The zero-order valence-electron chi connectivity index (χ0n) is 11.9. The Morgan fingerprint density at radius 1 is 1.16 bits per heavy atom. The van der Waals surface area contributed by atoms with Crippen molar-refractivity contribution in [1.82, 2.24) is 0 Å². The predicted octanol–water partition coefficient (Wildman–Crippen LogP) is 3.62.